The number of hydrogen-bond donors (Lipinski definition) is 0. The van der Waals surface area contributed by atoms with E-state index in [0.29, 0.717) is 0 Å². The maximum Gasteiger partial charge on any atom is -0.0184 e. The fraction of sp³-hybridized carbons (Fsp3) is 0.250. The van der Waals surface area contributed by atoms with Crippen LogP contribution in [0, 0.1) is 0 Å². The summed E-state index contributed by atoms with van der Waals surface area (Å²) in [4.78, 5) is 0. The molecule has 1 heteroatoms. The molecule has 0 amide bonds. The first-order valence-electron chi connectivity index (χ1n) is 6.19. The molecular formula is C16H21P. The van der Waals surface area contributed by atoms with Gasteiger partial charge in [0.1, 0.15) is 0 Å². The number of unbranched alkanes of at least 4 members (excludes halogenated alkanes) is 1. The molecule has 0 bridgehead atoms. The van der Waals surface area contributed by atoms with Crippen LogP contribution in [0.1, 0.15) is 19.8 Å². The Kier molecular flexibility index (Phi) is 7.34. The summed E-state index contributed by atoms with van der Waals surface area (Å²) in [6.45, 7) is 2.20. The zero-order valence-corrected chi connectivity index (χ0v) is 11.6. The zero-order chi connectivity index (χ0) is 12.3. The quantitative estimate of drug-likeness (QED) is 0.665. The van der Waals surface area contributed by atoms with E-state index in [9.17, 15) is 0 Å². The van der Waals surface area contributed by atoms with Gasteiger partial charge >= 0.3 is 0 Å². The Morgan fingerprint density at radius 3 is 1.41 bits per heavy atom. The van der Waals surface area contributed by atoms with Crippen molar-refractivity contribution in [2.75, 3.05) is 6.16 Å². The van der Waals surface area contributed by atoms with E-state index in [4.69, 9.17) is 0 Å². The first kappa shape index (κ1) is 13.9. The Morgan fingerprint density at radius 1 is 0.765 bits per heavy atom. The zero-order valence-electron chi connectivity index (χ0n) is 10.5. The highest BCUT2D eigenvalue weighted by Crippen LogP contribution is 2.17. The maximum absolute atomic E-state index is 2.70. The molecule has 17 heavy (non-hydrogen) atoms. The molecule has 0 saturated heterocycles. The second kappa shape index (κ2) is 8.96. The van der Waals surface area contributed by atoms with Crippen LogP contribution in [0.5, 0.6) is 0 Å². The Morgan fingerprint density at radius 2 is 1.18 bits per heavy atom. The summed E-state index contributed by atoms with van der Waals surface area (Å²) in [7, 11) is 2.70. The normalized spacial score (nSPS) is 9.29. The van der Waals surface area contributed by atoms with E-state index in [2.05, 4.69) is 64.7 Å². The van der Waals surface area contributed by atoms with Gasteiger partial charge in [0.2, 0.25) is 0 Å². The third kappa shape index (κ3) is 5.65. The largest absolute Gasteiger partial charge is 0.138 e. The molecule has 0 aliphatic carbocycles. The van der Waals surface area contributed by atoms with E-state index >= 15 is 0 Å². The summed E-state index contributed by atoms with van der Waals surface area (Å²) in [5.74, 6) is 0. The van der Waals surface area contributed by atoms with Crippen LogP contribution in [-0.2, 0) is 0 Å². The minimum atomic E-state index is 1.26. The fourth-order valence-corrected chi connectivity index (χ4v) is 1.87. The molecule has 2 rings (SSSR count). The van der Waals surface area contributed by atoms with Crippen LogP contribution < -0.4 is 0 Å². The van der Waals surface area contributed by atoms with Crippen LogP contribution in [0.3, 0.4) is 0 Å². The lowest BCUT2D eigenvalue weighted by Gasteiger charge is -1.98. The topological polar surface area (TPSA) is 0 Å². The van der Waals surface area contributed by atoms with Crippen LogP contribution >= 0.6 is 9.24 Å². The van der Waals surface area contributed by atoms with Crippen molar-refractivity contribution in [3.8, 4) is 11.1 Å². The first-order chi connectivity index (χ1) is 8.38. The smallest absolute Gasteiger partial charge is 0.0184 e. The lowest BCUT2D eigenvalue weighted by molar-refractivity contribution is 0.897. The van der Waals surface area contributed by atoms with E-state index < -0.39 is 0 Å². The van der Waals surface area contributed by atoms with Crippen LogP contribution in [0.4, 0.5) is 0 Å². The van der Waals surface area contributed by atoms with Crippen LogP contribution in [0.15, 0.2) is 60.7 Å². The minimum absolute atomic E-state index is 1.26. The van der Waals surface area contributed by atoms with Crippen molar-refractivity contribution in [3.63, 3.8) is 0 Å². The monoisotopic (exact) mass is 244 g/mol. The van der Waals surface area contributed by atoms with Gasteiger partial charge in [-0.1, -0.05) is 80.4 Å². The van der Waals surface area contributed by atoms with Crippen LogP contribution in [0.2, 0.25) is 0 Å². The molecule has 1 unspecified atom stereocenters. The third-order valence-electron chi connectivity index (χ3n) is 2.44. The SMILES string of the molecule is CCCCP.c1ccc(-c2ccccc2)cc1. The summed E-state index contributed by atoms with van der Waals surface area (Å²) in [6, 6.07) is 20.8. The maximum atomic E-state index is 2.70. The van der Waals surface area contributed by atoms with Crippen molar-refractivity contribution < 1.29 is 0 Å². The number of rotatable bonds is 3. The predicted octanol–water partition coefficient (Wildman–Crippen LogP) is 5.02. The highest BCUT2D eigenvalue weighted by atomic mass is 31.0. The summed E-state index contributed by atoms with van der Waals surface area (Å²) >= 11 is 0. The molecule has 0 nitrogen and oxygen atoms in total. The van der Waals surface area contributed by atoms with Gasteiger partial charge in [0.15, 0.2) is 0 Å². The van der Waals surface area contributed by atoms with Crippen LogP contribution in [0.25, 0.3) is 11.1 Å². The molecule has 0 radical (unpaired) electrons. The van der Waals surface area contributed by atoms with E-state index in [0.717, 1.165) is 0 Å². The fourth-order valence-electron chi connectivity index (χ4n) is 1.47. The van der Waals surface area contributed by atoms with Gasteiger partial charge in [-0.05, 0) is 17.3 Å². The molecule has 2 aromatic carbocycles. The third-order valence-corrected chi connectivity index (χ3v) is 2.85. The van der Waals surface area contributed by atoms with Gasteiger partial charge < -0.3 is 0 Å². The van der Waals surface area contributed by atoms with Crippen molar-refractivity contribution in [2.24, 2.45) is 0 Å². The summed E-state index contributed by atoms with van der Waals surface area (Å²) in [6.07, 6.45) is 3.94. The van der Waals surface area contributed by atoms with Gasteiger partial charge in [0.25, 0.3) is 0 Å². The highest BCUT2D eigenvalue weighted by Gasteiger charge is 1.91. The number of benzene rings is 2. The molecule has 0 aliphatic heterocycles. The van der Waals surface area contributed by atoms with Gasteiger partial charge in [0.05, 0.1) is 0 Å². The van der Waals surface area contributed by atoms with Gasteiger partial charge in [-0.2, -0.15) is 0 Å². The van der Waals surface area contributed by atoms with E-state index in [-0.39, 0.29) is 0 Å². The Balaban J connectivity index is 0.000000249. The standard InChI is InChI=1S/C12H10.C4H11P/c1-3-7-11(8-4-1)12-9-5-2-6-10-12;1-2-3-4-5/h1-10H;2-5H2,1H3. The lowest BCUT2D eigenvalue weighted by atomic mass is 10.1. The molecule has 0 fully saturated rings. The lowest BCUT2D eigenvalue weighted by Crippen LogP contribution is -1.73. The Hall–Kier alpha value is -1.13. The Labute approximate surface area is 107 Å². The Bertz CT molecular complexity index is 341. The molecule has 0 saturated carbocycles. The van der Waals surface area contributed by atoms with Crippen molar-refractivity contribution in [3.05, 3.63) is 60.7 Å². The average Bonchev–Trinajstić information content (AvgIpc) is 2.42. The summed E-state index contributed by atoms with van der Waals surface area (Å²) < 4.78 is 0. The van der Waals surface area contributed by atoms with Crippen molar-refractivity contribution in [1.82, 2.24) is 0 Å². The van der Waals surface area contributed by atoms with Crippen molar-refractivity contribution >= 4 is 9.24 Å². The van der Waals surface area contributed by atoms with E-state index in [1.165, 1.54) is 30.1 Å². The molecular weight excluding hydrogens is 223 g/mol. The molecule has 1 atom stereocenters. The molecule has 0 N–H and O–H groups in total. The summed E-state index contributed by atoms with van der Waals surface area (Å²) in [5.41, 5.74) is 2.55. The average molecular weight is 244 g/mol. The van der Waals surface area contributed by atoms with E-state index in [1.807, 2.05) is 12.1 Å². The second-order valence-electron chi connectivity index (χ2n) is 3.87. The van der Waals surface area contributed by atoms with Gasteiger partial charge in [0, 0.05) is 0 Å². The van der Waals surface area contributed by atoms with Gasteiger partial charge in [-0.25, -0.2) is 0 Å². The van der Waals surface area contributed by atoms with Crippen molar-refractivity contribution in [2.45, 2.75) is 19.8 Å². The molecule has 0 spiro atoms. The molecule has 90 valence electrons. The summed E-state index contributed by atoms with van der Waals surface area (Å²) in [5, 5.41) is 0. The molecule has 0 aliphatic rings. The highest BCUT2D eigenvalue weighted by molar-refractivity contribution is 7.16. The minimum Gasteiger partial charge on any atom is -0.138 e. The van der Waals surface area contributed by atoms with Gasteiger partial charge in [-0.15, -0.1) is 9.24 Å². The van der Waals surface area contributed by atoms with Crippen LogP contribution in [-0.4, -0.2) is 6.16 Å². The molecule has 2 aromatic rings. The number of hydrogen-bond acceptors (Lipinski definition) is 0. The molecule has 0 heterocycles. The molecule has 0 aromatic heterocycles. The van der Waals surface area contributed by atoms with Crippen molar-refractivity contribution in [1.29, 1.82) is 0 Å². The predicted molar refractivity (Wildman–Crippen MR) is 81.4 cm³/mol. The van der Waals surface area contributed by atoms with E-state index in [1.54, 1.807) is 0 Å². The second-order valence-corrected chi connectivity index (χ2v) is 4.45. The van der Waals surface area contributed by atoms with Gasteiger partial charge in [-0.3, -0.25) is 0 Å². The first-order valence-corrected chi connectivity index (χ1v) is 7.00.